The maximum atomic E-state index is 12.0. The van der Waals surface area contributed by atoms with E-state index in [0.717, 1.165) is 37.2 Å². The van der Waals surface area contributed by atoms with E-state index >= 15 is 0 Å². The average molecular weight is 318 g/mol. The van der Waals surface area contributed by atoms with Gasteiger partial charge in [-0.15, -0.1) is 0 Å². The van der Waals surface area contributed by atoms with Crippen molar-refractivity contribution in [3.8, 4) is 5.75 Å². The minimum absolute atomic E-state index is 0.0691. The first kappa shape index (κ1) is 17.3. The molecule has 1 aromatic carbocycles. The molecule has 0 aliphatic carbocycles. The molecule has 126 valence electrons. The molecule has 1 N–H and O–H groups in total. The van der Waals surface area contributed by atoms with Crippen molar-refractivity contribution in [3.05, 3.63) is 29.8 Å². The van der Waals surface area contributed by atoms with Gasteiger partial charge in [0.1, 0.15) is 5.75 Å². The largest absolute Gasteiger partial charge is 0.493 e. The van der Waals surface area contributed by atoms with Gasteiger partial charge >= 0.3 is 0 Å². The van der Waals surface area contributed by atoms with E-state index < -0.39 is 0 Å². The maximum Gasteiger partial charge on any atom is 0.220 e. The zero-order valence-corrected chi connectivity index (χ0v) is 14.0. The molecule has 1 fully saturated rings. The van der Waals surface area contributed by atoms with E-state index in [9.17, 15) is 9.59 Å². The summed E-state index contributed by atoms with van der Waals surface area (Å²) in [6.45, 7) is 5.61. The van der Waals surface area contributed by atoms with E-state index in [1.165, 1.54) is 0 Å². The summed E-state index contributed by atoms with van der Waals surface area (Å²) in [6.07, 6.45) is 2.85. The Bertz CT molecular complexity index is 537. The number of carbonyl (C=O) groups excluding carboxylic acids is 2. The Hall–Kier alpha value is -2.04. The zero-order valence-electron chi connectivity index (χ0n) is 14.0. The molecule has 23 heavy (non-hydrogen) atoms. The number of piperidine rings is 1. The van der Waals surface area contributed by atoms with Crippen LogP contribution in [0.2, 0.25) is 0 Å². The van der Waals surface area contributed by atoms with Crippen LogP contribution in [0.4, 0.5) is 0 Å². The molecule has 1 heterocycles. The van der Waals surface area contributed by atoms with Crippen LogP contribution in [0.1, 0.15) is 38.2 Å². The van der Waals surface area contributed by atoms with Crippen molar-refractivity contribution in [1.82, 2.24) is 10.2 Å². The van der Waals surface area contributed by atoms with Gasteiger partial charge in [0.2, 0.25) is 11.8 Å². The number of hydrogen-bond donors (Lipinski definition) is 1. The number of amides is 2. The van der Waals surface area contributed by atoms with Crippen molar-refractivity contribution in [1.29, 1.82) is 0 Å². The second-order valence-electron chi connectivity index (χ2n) is 6.07. The van der Waals surface area contributed by atoms with Crippen LogP contribution >= 0.6 is 0 Å². The number of para-hydroxylation sites is 1. The summed E-state index contributed by atoms with van der Waals surface area (Å²) in [5.74, 6) is 1.06. The van der Waals surface area contributed by atoms with Crippen LogP contribution in [0.5, 0.6) is 5.75 Å². The molecule has 1 saturated heterocycles. The molecule has 1 aliphatic heterocycles. The molecule has 0 atom stereocenters. The Balaban J connectivity index is 1.61. The fraction of sp³-hybridized carbons (Fsp3) is 0.556. The van der Waals surface area contributed by atoms with Crippen molar-refractivity contribution in [2.45, 2.75) is 45.6 Å². The SMILES string of the molecule is CC(=O)N1CCC(NC(=O)CCCOc2ccccc2C)CC1. The molecule has 2 amide bonds. The van der Waals surface area contributed by atoms with Gasteiger partial charge in [-0.2, -0.15) is 0 Å². The van der Waals surface area contributed by atoms with Gasteiger partial charge in [0.15, 0.2) is 0 Å². The summed E-state index contributed by atoms with van der Waals surface area (Å²) in [4.78, 5) is 25.1. The first-order valence-corrected chi connectivity index (χ1v) is 8.29. The maximum absolute atomic E-state index is 12.0. The van der Waals surface area contributed by atoms with Crippen LogP contribution in [-0.4, -0.2) is 42.5 Å². The zero-order chi connectivity index (χ0) is 16.7. The van der Waals surface area contributed by atoms with Gasteiger partial charge in [0.25, 0.3) is 0 Å². The van der Waals surface area contributed by atoms with Gasteiger partial charge in [0, 0.05) is 32.5 Å². The lowest BCUT2D eigenvalue weighted by Gasteiger charge is -2.31. The third-order valence-corrected chi connectivity index (χ3v) is 4.20. The highest BCUT2D eigenvalue weighted by atomic mass is 16.5. The number of aryl methyl sites for hydroxylation is 1. The highest BCUT2D eigenvalue weighted by molar-refractivity contribution is 5.76. The summed E-state index contributed by atoms with van der Waals surface area (Å²) in [7, 11) is 0. The minimum Gasteiger partial charge on any atom is -0.493 e. The van der Waals surface area contributed by atoms with Crippen LogP contribution in [0, 0.1) is 6.92 Å². The molecular weight excluding hydrogens is 292 g/mol. The van der Waals surface area contributed by atoms with Crippen LogP contribution in [0.15, 0.2) is 24.3 Å². The molecular formula is C18H26N2O3. The average Bonchev–Trinajstić information content (AvgIpc) is 2.53. The molecule has 0 radical (unpaired) electrons. The van der Waals surface area contributed by atoms with E-state index in [2.05, 4.69) is 5.32 Å². The molecule has 0 unspecified atom stereocenters. The molecule has 5 heteroatoms. The van der Waals surface area contributed by atoms with Crippen molar-refractivity contribution < 1.29 is 14.3 Å². The fourth-order valence-electron chi connectivity index (χ4n) is 2.77. The van der Waals surface area contributed by atoms with E-state index in [1.807, 2.05) is 36.1 Å². The molecule has 0 aromatic heterocycles. The second-order valence-corrected chi connectivity index (χ2v) is 6.07. The lowest BCUT2D eigenvalue weighted by Crippen LogP contribution is -2.46. The molecule has 2 rings (SSSR count). The number of hydrogen-bond acceptors (Lipinski definition) is 3. The smallest absolute Gasteiger partial charge is 0.220 e. The van der Waals surface area contributed by atoms with Crippen LogP contribution < -0.4 is 10.1 Å². The second kappa shape index (κ2) is 8.56. The van der Waals surface area contributed by atoms with Crippen molar-refractivity contribution in [2.75, 3.05) is 19.7 Å². The third kappa shape index (κ3) is 5.58. The molecule has 0 saturated carbocycles. The van der Waals surface area contributed by atoms with Crippen LogP contribution in [0.25, 0.3) is 0 Å². The van der Waals surface area contributed by atoms with Crippen molar-refractivity contribution in [3.63, 3.8) is 0 Å². The number of nitrogens with zero attached hydrogens (tertiary/aromatic N) is 1. The van der Waals surface area contributed by atoms with Gasteiger partial charge < -0.3 is 15.0 Å². The van der Waals surface area contributed by atoms with Gasteiger partial charge in [-0.3, -0.25) is 9.59 Å². The first-order chi connectivity index (χ1) is 11.1. The Morgan fingerprint density at radius 1 is 1.26 bits per heavy atom. The van der Waals surface area contributed by atoms with Gasteiger partial charge in [-0.1, -0.05) is 18.2 Å². The molecule has 0 spiro atoms. The number of nitrogens with one attached hydrogen (secondary N) is 1. The van der Waals surface area contributed by atoms with E-state index in [4.69, 9.17) is 4.74 Å². The van der Waals surface area contributed by atoms with E-state index in [1.54, 1.807) is 6.92 Å². The topological polar surface area (TPSA) is 58.6 Å². The molecule has 1 aromatic rings. The fourth-order valence-corrected chi connectivity index (χ4v) is 2.77. The van der Waals surface area contributed by atoms with Crippen LogP contribution in [0.3, 0.4) is 0 Å². The Morgan fingerprint density at radius 3 is 2.61 bits per heavy atom. The van der Waals surface area contributed by atoms with E-state index in [0.29, 0.717) is 19.4 Å². The molecule has 5 nitrogen and oxygen atoms in total. The van der Waals surface area contributed by atoms with Gasteiger partial charge in [0.05, 0.1) is 6.61 Å². The molecule has 1 aliphatic rings. The number of carbonyl (C=O) groups is 2. The van der Waals surface area contributed by atoms with E-state index in [-0.39, 0.29) is 17.9 Å². The highest BCUT2D eigenvalue weighted by Crippen LogP contribution is 2.16. The Labute approximate surface area is 138 Å². The number of benzene rings is 1. The third-order valence-electron chi connectivity index (χ3n) is 4.20. The first-order valence-electron chi connectivity index (χ1n) is 8.29. The van der Waals surface area contributed by atoms with Crippen LogP contribution in [-0.2, 0) is 9.59 Å². The van der Waals surface area contributed by atoms with Crippen molar-refractivity contribution >= 4 is 11.8 Å². The lowest BCUT2D eigenvalue weighted by molar-refractivity contribution is -0.130. The summed E-state index contributed by atoms with van der Waals surface area (Å²) in [5.41, 5.74) is 1.11. The normalized spacial score (nSPS) is 15.3. The standard InChI is InChI=1S/C18H26N2O3/c1-14-6-3-4-7-17(14)23-13-5-8-18(22)19-16-9-11-20(12-10-16)15(2)21/h3-4,6-7,16H,5,8-13H2,1-2H3,(H,19,22). The summed E-state index contributed by atoms with van der Waals surface area (Å²) in [6, 6.07) is 8.07. The number of rotatable bonds is 6. The number of likely N-dealkylation sites (tertiary alicyclic amines) is 1. The predicted molar refractivity (Wildman–Crippen MR) is 89.3 cm³/mol. The quantitative estimate of drug-likeness (QED) is 0.819. The minimum atomic E-state index is 0.0691. The highest BCUT2D eigenvalue weighted by Gasteiger charge is 2.21. The van der Waals surface area contributed by atoms with Gasteiger partial charge in [-0.05, 0) is 37.8 Å². The summed E-state index contributed by atoms with van der Waals surface area (Å²) >= 11 is 0. The molecule has 0 bridgehead atoms. The van der Waals surface area contributed by atoms with Gasteiger partial charge in [-0.25, -0.2) is 0 Å². The Morgan fingerprint density at radius 2 is 1.96 bits per heavy atom. The van der Waals surface area contributed by atoms with Crippen molar-refractivity contribution in [2.24, 2.45) is 0 Å². The Kier molecular flexibility index (Phi) is 6.44. The number of ether oxygens (including phenoxy) is 1. The lowest BCUT2D eigenvalue weighted by atomic mass is 10.0. The summed E-state index contributed by atoms with van der Waals surface area (Å²) < 4.78 is 5.69. The monoisotopic (exact) mass is 318 g/mol. The predicted octanol–water partition coefficient (Wildman–Crippen LogP) is 2.28. The summed E-state index contributed by atoms with van der Waals surface area (Å²) in [5, 5.41) is 3.06.